The SMILES string of the molecule is CC(C)CCNC(=O)C1CC(=O)N(C)C1c1ccccc1. The molecule has 21 heavy (non-hydrogen) atoms. The molecule has 0 aromatic heterocycles. The standard InChI is InChI=1S/C17H24N2O2/c1-12(2)9-10-18-17(21)14-11-15(20)19(3)16(14)13-7-5-4-6-8-13/h4-8,12,14,16H,9-11H2,1-3H3,(H,18,21). The molecule has 0 spiro atoms. The van der Waals surface area contributed by atoms with E-state index in [0.717, 1.165) is 12.0 Å². The zero-order valence-electron chi connectivity index (χ0n) is 13.0. The molecule has 2 atom stereocenters. The van der Waals surface area contributed by atoms with Crippen LogP contribution in [0.15, 0.2) is 30.3 Å². The number of amides is 2. The second kappa shape index (κ2) is 6.74. The number of hydrogen-bond donors (Lipinski definition) is 1. The van der Waals surface area contributed by atoms with Gasteiger partial charge < -0.3 is 10.2 Å². The molecule has 4 nitrogen and oxygen atoms in total. The van der Waals surface area contributed by atoms with E-state index in [1.54, 1.807) is 11.9 Å². The maximum atomic E-state index is 12.4. The molecule has 2 unspecified atom stereocenters. The summed E-state index contributed by atoms with van der Waals surface area (Å²) in [7, 11) is 1.78. The molecule has 2 amide bonds. The molecule has 1 N–H and O–H groups in total. The Morgan fingerprint density at radius 3 is 2.62 bits per heavy atom. The van der Waals surface area contributed by atoms with Gasteiger partial charge in [-0.2, -0.15) is 0 Å². The van der Waals surface area contributed by atoms with Crippen molar-refractivity contribution >= 4 is 11.8 Å². The lowest BCUT2D eigenvalue weighted by molar-refractivity contribution is -0.128. The minimum Gasteiger partial charge on any atom is -0.356 e. The fraction of sp³-hybridized carbons (Fsp3) is 0.529. The van der Waals surface area contributed by atoms with Gasteiger partial charge in [0.05, 0.1) is 12.0 Å². The topological polar surface area (TPSA) is 49.4 Å². The highest BCUT2D eigenvalue weighted by molar-refractivity contribution is 5.90. The van der Waals surface area contributed by atoms with Crippen LogP contribution in [0.5, 0.6) is 0 Å². The Bertz CT molecular complexity index is 499. The zero-order valence-corrected chi connectivity index (χ0v) is 13.0. The van der Waals surface area contributed by atoms with E-state index in [1.807, 2.05) is 30.3 Å². The molecule has 0 bridgehead atoms. The Hall–Kier alpha value is -1.84. The first-order valence-corrected chi connectivity index (χ1v) is 7.59. The van der Waals surface area contributed by atoms with Gasteiger partial charge in [0.15, 0.2) is 0 Å². The molecule has 1 aromatic carbocycles. The molecule has 1 aliphatic rings. The molecule has 1 heterocycles. The van der Waals surface area contributed by atoms with Crippen LogP contribution in [0.2, 0.25) is 0 Å². The quantitative estimate of drug-likeness (QED) is 0.904. The molecule has 1 saturated heterocycles. The number of benzene rings is 1. The molecule has 114 valence electrons. The van der Waals surface area contributed by atoms with Crippen molar-refractivity contribution in [2.45, 2.75) is 32.7 Å². The summed E-state index contributed by atoms with van der Waals surface area (Å²) in [5.41, 5.74) is 1.02. The Morgan fingerprint density at radius 1 is 1.33 bits per heavy atom. The number of hydrogen-bond acceptors (Lipinski definition) is 2. The summed E-state index contributed by atoms with van der Waals surface area (Å²) in [4.78, 5) is 26.1. The molecule has 2 rings (SSSR count). The minimum atomic E-state index is -0.294. The van der Waals surface area contributed by atoms with Gasteiger partial charge in [-0.1, -0.05) is 44.2 Å². The first-order valence-electron chi connectivity index (χ1n) is 7.59. The van der Waals surface area contributed by atoms with Crippen LogP contribution in [-0.4, -0.2) is 30.3 Å². The number of nitrogens with zero attached hydrogens (tertiary/aromatic N) is 1. The van der Waals surface area contributed by atoms with Crippen LogP contribution < -0.4 is 5.32 Å². The van der Waals surface area contributed by atoms with Crippen LogP contribution in [0.3, 0.4) is 0 Å². The van der Waals surface area contributed by atoms with E-state index >= 15 is 0 Å². The highest BCUT2D eigenvalue weighted by Crippen LogP contribution is 2.36. The maximum absolute atomic E-state index is 12.4. The lowest BCUT2D eigenvalue weighted by Gasteiger charge is -2.25. The largest absolute Gasteiger partial charge is 0.356 e. The van der Waals surface area contributed by atoms with Gasteiger partial charge in [-0.05, 0) is 17.9 Å². The Labute approximate surface area is 126 Å². The van der Waals surface area contributed by atoms with E-state index in [9.17, 15) is 9.59 Å². The Kier molecular flexibility index (Phi) is 4.99. The van der Waals surface area contributed by atoms with Gasteiger partial charge in [-0.15, -0.1) is 0 Å². The van der Waals surface area contributed by atoms with Gasteiger partial charge in [0.25, 0.3) is 0 Å². The zero-order chi connectivity index (χ0) is 15.4. The minimum absolute atomic E-state index is 0.0118. The highest BCUT2D eigenvalue weighted by atomic mass is 16.2. The van der Waals surface area contributed by atoms with Crippen LogP contribution in [0.4, 0.5) is 0 Å². The summed E-state index contributed by atoms with van der Waals surface area (Å²) in [6.45, 7) is 4.93. The molecule has 1 aliphatic heterocycles. The van der Waals surface area contributed by atoms with Gasteiger partial charge in [0, 0.05) is 20.0 Å². The highest BCUT2D eigenvalue weighted by Gasteiger charge is 2.42. The lowest BCUT2D eigenvalue weighted by Crippen LogP contribution is -2.35. The van der Waals surface area contributed by atoms with Crippen molar-refractivity contribution in [2.24, 2.45) is 11.8 Å². The summed E-state index contributed by atoms with van der Waals surface area (Å²) >= 11 is 0. The summed E-state index contributed by atoms with van der Waals surface area (Å²) in [5.74, 6) is 0.287. The van der Waals surface area contributed by atoms with Crippen LogP contribution in [0.1, 0.15) is 38.3 Å². The van der Waals surface area contributed by atoms with Gasteiger partial charge >= 0.3 is 0 Å². The molecule has 0 aliphatic carbocycles. The monoisotopic (exact) mass is 288 g/mol. The average molecular weight is 288 g/mol. The number of carbonyl (C=O) groups is 2. The van der Waals surface area contributed by atoms with Crippen molar-refractivity contribution < 1.29 is 9.59 Å². The first-order chi connectivity index (χ1) is 10.0. The molecule has 1 fully saturated rings. The van der Waals surface area contributed by atoms with Crippen molar-refractivity contribution in [3.8, 4) is 0 Å². The first kappa shape index (κ1) is 15.5. The van der Waals surface area contributed by atoms with E-state index < -0.39 is 0 Å². The van der Waals surface area contributed by atoms with E-state index in [2.05, 4.69) is 19.2 Å². The number of carbonyl (C=O) groups excluding carboxylic acids is 2. The van der Waals surface area contributed by atoms with Crippen LogP contribution in [0.25, 0.3) is 0 Å². The van der Waals surface area contributed by atoms with E-state index in [4.69, 9.17) is 0 Å². The van der Waals surface area contributed by atoms with Gasteiger partial charge in [-0.3, -0.25) is 9.59 Å². The molecule has 4 heteroatoms. The lowest BCUT2D eigenvalue weighted by atomic mass is 9.93. The fourth-order valence-corrected chi connectivity index (χ4v) is 2.83. The van der Waals surface area contributed by atoms with E-state index in [-0.39, 0.29) is 23.8 Å². The van der Waals surface area contributed by atoms with Gasteiger partial charge in [-0.25, -0.2) is 0 Å². The van der Waals surface area contributed by atoms with Crippen LogP contribution >= 0.6 is 0 Å². The third-order valence-electron chi connectivity index (χ3n) is 4.09. The predicted molar refractivity (Wildman–Crippen MR) is 82.5 cm³/mol. The normalized spacial score (nSPS) is 21.9. The van der Waals surface area contributed by atoms with E-state index in [1.165, 1.54) is 0 Å². The maximum Gasteiger partial charge on any atom is 0.226 e. The molecule has 0 saturated carbocycles. The van der Waals surface area contributed by atoms with Crippen molar-refractivity contribution in [2.75, 3.05) is 13.6 Å². The third-order valence-corrected chi connectivity index (χ3v) is 4.09. The van der Waals surface area contributed by atoms with Crippen LogP contribution in [-0.2, 0) is 9.59 Å². The molecule has 1 aromatic rings. The number of rotatable bonds is 5. The summed E-state index contributed by atoms with van der Waals surface area (Å²) in [6, 6.07) is 9.64. The molecular formula is C17H24N2O2. The van der Waals surface area contributed by atoms with Crippen molar-refractivity contribution in [3.63, 3.8) is 0 Å². The summed E-state index contributed by atoms with van der Waals surface area (Å²) in [5, 5.41) is 2.98. The average Bonchev–Trinajstić information content (AvgIpc) is 2.75. The Balaban J connectivity index is 2.09. The van der Waals surface area contributed by atoms with E-state index in [0.29, 0.717) is 18.9 Å². The molecule has 0 radical (unpaired) electrons. The van der Waals surface area contributed by atoms with Crippen LogP contribution in [0, 0.1) is 11.8 Å². The van der Waals surface area contributed by atoms with Gasteiger partial charge in [0.2, 0.25) is 11.8 Å². The molecular weight excluding hydrogens is 264 g/mol. The van der Waals surface area contributed by atoms with Gasteiger partial charge in [0.1, 0.15) is 0 Å². The summed E-state index contributed by atoms with van der Waals surface area (Å²) < 4.78 is 0. The second-order valence-electron chi connectivity index (χ2n) is 6.14. The second-order valence-corrected chi connectivity index (χ2v) is 6.14. The van der Waals surface area contributed by atoms with Crippen molar-refractivity contribution in [3.05, 3.63) is 35.9 Å². The van der Waals surface area contributed by atoms with Crippen molar-refractivity contribution in [1.82, 2.24) is 10.2 Å². The fourth-order valence-electron chi connectivity index (χ4n) is 2.83. The smallest absolute Gasteiger partial charge is 0.226 e. The third kappa shape index (κ3) is 3.63. The summed E-state index contributed by atoms with van der Waals surface area (Å²) in [6.07, 6.45) is 1.25. The predicted octanol–water partition coefficient (Wildman–Crippen LogP) is 2.37. The Morgan fingerprint density at radius 2 is 2.00 bits per heavy atom. The number of likely N-dealkylation sites (tertiary alicyclic amines) is 1. The van der Waals surface area contributed by atoms with Crippen molar-refractivity contribution in [1.29, 1.82) is 0 Å². The number of nitrogens with one attached hydrogen (secondary N) is 1.